The number of benzene rings is 1. The first kappa shape index (κ1) is 13.6. The number of rotatable bonds is 3. The minimum atomic E-state index is -0.223. The van der Waals surface area contributed by atoms with Crippen LogP contribution < -0.4 is 9.64 Å². The third-order valence-corrected chi connectivity index (χ3v) is 2.88. The number of pyridine rings is 1. The second-order valence-corrected chi connectivity index (χ2v) is 4.08. The fourth-order valence-electron chi connectivity index (χ4n) is 1.77. The van der Waals surface area contributed by atoms with Gasteiger partial charge in [0.25, 0.3) is 5.91 Å². The molecule has 5 nitrogen and oxygen atoms in total. The van der Waals surface area contributed by atoms with Crippen LogP contribution in [-0.4, -0.2) is 25.0 Å². The first-order chi connectivity index (χ1) is 9.67. The number of amides is 1. The topological polar surface area (TPSA) is 66.2 Å². The number of hydrogen-bond acceptors (Lipinski definition) is 4. The summed E-state index contributed by atoms with van der Waals surface area (Å²) in [4.78, 5) is 17.9. The molecule has 0 aliphatic rings. The van der Waals surface area contributed by atoms with E-state index in [0.29, 0.717) is 16.8 Å². The second kappa shape index (κ2) is 5.85. The number of carbonyl (C=O) groups excluding carboxylic acids is 1. The molecular weight excluding hydrogens is 254 g/mol. The highest BCUT2D eigenvalue weighted by Gasteiger charge is 2.18. The molecule has 0 saturated heterocycles. The van der Waals surface area contributed by atoms with Gasteiger partial charge < -0.3 is 9.64 Å². The lowest BCUT2D eigenvalue weighted by atomic mass is 10.2. The zero-order valence-electron chi connectivity index (χ0n) is 11.2. The maximum absolute atomic E-state index is 12.4. The second-order valence-electron chi connectivity index (χ2n) is 4.08. The van der Waals surface area contributed by atoms with Crippen LogP contribution in [0.1, 0.15) is 15.9 Å². The molecule has 0 atom stereocenters. The largest absolute Gasteiger partial charge is 0.480 e. The highest BCUT2D eigenvalue weighted by Crippen LogP contribution is 2.20. The molecule has 0 unspecified atom stereocenters. The van der Waals surface area contributed by atoms with Gasteiger partial charge in [0, 0.05) is 18.9 Å². The molecule has 0 radical (unpaired) electrons. The molecule has 0 spiro atoms. The van der Waals surface area contributed by atoms with Crippen LogP contribution >= 0.6 is 0 Å². The van der Waals surface area contributed by atoms with E-state index in [-0.39, 0.29) is 11.8 Å². The average Bonchev–Trinajstić information content (AvgIpc) is 2.53. The normalized spacial score (nSPS) is 9.65. The van der Waals surface area contributed by atoms with Crippen molar-refractivity contribution in [3.05, 3.63) is 53.7 Å². The van der Waals surface area contributed by atoms with E-state index in [1.54, 1.807) is 49.6 Å². The quantitative estimate of drug-likeness (QED) is 0.855. The summed E-state index contributed by atoms with van der Waals surface area (Å²) in [5.41, 5.74) is 1.63. The molecule has 0 N–H and O–H groups in total. The summed E-state index contributed by atoms with van der Waals surface area (Å²) in [5.74, 6) is 0.0673. The summed E-state index contributed by atoms with van der Waals surface area (Å²) in [6.45, 7) is 0. The SMILES string of the molecule is COc1ncccc1C(=O)N(C)c1ccc(C#N)cc1. The molecule has 1 aromatic heterocycles. The molecule has 0 fully saturated rings. The number of anilines is 1. The Balaban J connectivity index is 2.30. The Morgan fingerprint density at radius 1 is 1.30 bits per heavy atom. The van der Waals surface area contributed by atoms with Crippen LogP contribution in [0.3, 0.4) is 0 Å². The van der Waals surface area contributed by atoms with Crippen molar-refractivity contribution in [3.8, 4) is 11.9 Å². The van der Waals surface area contributed by atoms with Crippen molar-refractivity contribution in [3.63, 3.8) is 0 Å². The summed E-state index contributed by atoms with van der Waals surface area (Å²) in [6.07, 6.45) is 1.57. The van der Waals surface area contributed by atoms with E-state index in [9.17, 15) is 4.79 Å². The number of ether oxygens (including phenoxy) is 1. The molecule has 20 heavy (non-hydrogen) atoms. The third-order valence-electron chi connectivity index (χ3n) is 2.88. The fraction of sp³-hybridized carbons (Fsp3) is 0.133. The van der Waals surface area contributed by atoms with Gasteiger partial charge in [-0.1, -0.05) is 0 Å². The van der Waals surface area contributed by atoms with Gasteiger partial charge in [0.1, 0.15) is 5.56 Å². The van der Waals surface area contributed by atoms with E-state index < -0.39 is 0 Å². The molecule has 2 rings (SSSR count). The van der Waals surface area contributed by atoms with Crippen LogP contribution in [0, 0.1) is 11.3 Å². The van der Waals surface area contributed by atoms with Crippen LogP contribution in [0.5, 0.6) is 5.88 Å². The molecule has 1 amide bonds. The lowest BCUT2D eigenvalue weighted by molar-refractivity contribution is 0.0989. The van der Waals surface area contributed by atoms with Crippen molar-refractivity contribution >= 4 is 11.6 Å². The molecule has 5 heteroatoms. The van der Waals surface area contributed by atoms with Gasteiger partial charge in [-0.15, -0.1) is 0 Å². The van der Waals surface area contributed by atoms with Crippen molar-refractivity contribution in [1.82, 2.24) is 4.98 Å². The monoisotopic (exact) mass is 267 g/mol. The minimum Gasteiger partial charge on any atom is -0.480 e. The summed E-state index contributed by atoms with van der Waals surface area (Å²) < 4.78 is 5.09. The molecule has 0 bridgehead atoms. The van der Waals surface area contributed by atoms with E-state index in [4.69, 9.17) is 10.00 Å². The zero-order chi connectivity index (χ0) is 14.5. The number of nitriles is 1. The average molecular weight is 267 g/mol. The van der Waals surface area contributed by atoms with Gasteiger partial charge in [-0.05, 0) is 36.4 Å². The Morgan fingerprint density at radius 3 is 2.60 bits per heavy atom. The fourth-order valence-corrected chi connectivity index (χ4v) is 1.77. The van der Waals surface area contributed by atoms with Gasteiger partial charge in [0.2, 0.25) is 5.88 Å². The third kappa shape index (κ3) is 2.59. The van der Waals surface area contributed by atoms with Crippen LogP contribution in [0.15, 0.2) is 42.6 Å². The molecular formula is C15H13N3O2. The van der Waals surface area contributed by atoms with Crippen molar-refractivity contribution in [1.29, 1.82) is 5.26 Å². The Bertz CT molecular complexity index is 660. The summed E-state index contributed by atoms with van der Waals surface area (Å²) in [7, 11) is 3.14. The number of nitrogens with zero attached hydrogens (tertiary/aromatic N) is 3. The van der Waals surface area contributed by atoms with Crippen LogP contribution in [0.4, 0.5) is 5.69 Å². The molecule has 0 saturated carbocycles. The molecule has 0 aliphatic carbocycles. The zero-order valence-corrected chi connectivity index (χ0v) is 11.2. The van der Waals surface area contributed by atoms with Gasteiger partial charge in [-0.2, -0.15) is 5.26 Å². The Labute approximate surface area is 117 Å². The minimum absolute atomic E-state index is 0.223. The van der Waals surface area contributed by atoms with E-state index in [2.05, 4.69) is 4.98 Å². The van der Waals surface area contributed by atoms with E-state index in [0.717, 1.165) is 0 Å². The van der Waals surface area contributed by atoms with Crippen molar-refractivity contribution in [2.24, 2.45) is 0 Å². The van der Waals surface area contributed by atoms with Crippen molar-refractivity contribution < 1.29 is 9.53 Å². The maximum Gasteiger partial charge on any atom is 0.263 e. The molecule has 2 aromatic rings. The highest BCUT2D eigenvalue weighted by atomic mass is 16.5. The lowest BCUT2D eigenvalue weighted by Gasteiger charge is -2.18. The van der Waals surface area contributed by atoms with Crippen LogP contribution in [0.25, 0.3) is 0 Å². The Kier molecular flexibility index (Phi) is 3.96. The maximum atomic E-state index is 12.4. The number of aromatic nitrogens is 1. The van der Waals surface area contributed by atoms with Crippen LogP contribution in [-0.2, 0) is 0 Å². The number of carbonyl (C=O) groups is 1. The highest BCUT2D eigenvalue weighted by molar-refractivity contribution is 6.07. The Morgan fingerprint density at radius 2 is 2.00 bits per heavy atom. The molecule has 1 heterocycles. The van der Waals surface area contributed by atoms with Crippen LogP contribution in [0.2, 0.25) is 0 Å². The predicted octanol–water partition coefficient (Wildman–Crippen LogP) is 2.24. The first-order valence-corrected chi connectivity index (χ1v) is 5.94. The van der Waals surface area contributed by atoms with E-state index in [1.165, 1.54) is 12.0 Å². The van der Waals surface area contributed by atoms with Gasteiger partial charge >= 0.3 is 0 Å². The standard InChI is InChI=1S/C15H13N3O2/c1-18(12-7-5-11(10-16)6-8-12)15(19)13-4-3-9-17-14(13)20-2/h3-9H,1-2H3. The Hall–Kier alpha value is -2.87. The summed E-state index contributed by atoms with van der Waals surface area (Å²) in [5, 5.41) is 8.77. The molecule has 100 valence electrons. The smallest absolute Gasteiger partial charge is 0.263 e. The van der Waals surface area contributed by atoms with Gasteiger partial charge in [-0.3, -0.25) is 4.79 Å². The molecule has 1 aromatic carbocycles. The van der Waals surface area contributed by atoms with Crippen molar-refractivity contribution in [2.45, 2.75) is 0 Å². The van der Waals surface area contributed by atoms with Gasteiger partial charge in [-0.25, -0.2) is 4.98 Å². The predicted molar refractivity (Wildman–Crippen MR) is 74.7 cm³/mol. The summed E-state index contributed by atoms with van der Waals surface area (Å²) >= 11 is 0. The number of methoxy groups -OCH3 is 1. The van der Waals surface area contributed by atoms with Gasteiger partial charge in [0.15, 0.2) is 0 Å². The molecule has 0 aliphatic heterocycles. The van der Waals surface area contributed by atoms with E-state index in [1.807, 2.05) is 6.07 Å². The van der Waals surface area contributed by atoms with E-state index >= 15 is 0 Å². The van der Waals surface area contributed by atoms with Crippen molar-refractivity contribution in [2.75, 3.05) is 19.1 Å². The first-order valence-electron chi connectivity index (χ1n) is 5.94. The lowest BCUT2D eigenvalue weighted by Crippen LogP contribution is -2.26. The number of hydrogen-bond donors (Lipinski definition) is 0. The summed E-state index contributed by atoms with van der Waals surface area (Å²) in [6, 6.07) is 12.2. The van der Waals surface area contributed by atoms with Gasteiger partial charge in [0.05, 0.1) is 18.7 Å².